The van der Waals surface area contributed by atoms with E-state index in [-0.39, 0.29) is 27.9 Å². The van der Waals surface area contributed by atoms with Crippen LogP contribution in [0.5, 0.6) is 5.75 Å². The summed E-state index contributed by atoms with van der Waals surface area (Å²) in [4.78, 5) is 12.1. The number of amides is 1. The first-order valence-corrected chi connectivity index (χ1v) is 7.60. The molecule has 0 saturated carbocycles. The summed E-state index contributed by atoms with van der Waals surface area (Å²) in [5.74, 6) is -1.08. The van der Waals surface area contributed by atoms with Gasteiger partial charge in [-0.3, -0.25) is 4.79 Å². The molecule has 0 saturated heterocycles. The molecular formula is C14H13Cl2F3N2O3. The van der Waals surface area contributed by atoms with Crippen molar-refractivity contribution in [3.05, 3.63) is 28.2 Å². The molecule has 5 nitrogen and oxygen atoms in total. The zero-order valence-electron chi connectivity index (χ0n) is 12.4. The fourth-order valence-corrected chi connectivity index (χ4v) is 2.55. The predicted octanol–water partition coefficient (Wildman–Crippen LogP) is 3.62. The Kier molecular flexibility index (Phi) is 5.31. The van der Waals surface area contributed by atoms with Crippen molar-refractivity contribution < 1.29 is 27.8 Å². The standard InChI is InChI=1S/C14H13Cl2F3N2O3/c1-2-9-6-13(23,14(17,18)19)21(20-9)12(22)7-24-11-4-3-8(15)5-10(11)16/h3-5,23H,2,6-7H2,1H3. The first-order chi connectivity index (χ1) is 11.1. The van der Waals surface area contributed by atoms with E-state index in [0.29, 0.717) is 5.02 Å². The van der Waals surface area contributed by atoms with Crippen LogP contribution >= 0.6 is 23.2 Å². The van der Waals surface area contributed by atoms with Crippen LogP contribution in [0.4, 0.5) is 13.2 Å². The second kappa shape index (κ2) is 6.78. The van der Waals surface area contributed by atoms with Crippen LogP contribution < -0.4 is 4.74 Å². The van der Waals surface area contributed by atoms with Gasteiger partial charge in [0.1, 0.15) is 5.75 Å². The summed E-state index contributed by atoms with van der Waals surface area (Å²) >= 11 is 11.6. The zero-order chi connectivity index (χ0) is 18.1. The highest BCUT2D eigenvalue weighted by Crippen LogP contribution is 2.40. The minimum atomic E-state index is -5.05. The van der Waals surface area contributed by atoms with E-state index in [4.69, 9.17) is 27.9 Å². The molecule has 10 heteroatoms. The van der Waals surface area contributed by atoms with Crippen molar-refractivity contribution in [1.82, 2.24) is 5.01 Å². The molecular weight excluding hydrogens is 372 g/mol. The molecule has 1 aromatic carbocycles. The van der Waals surface area contributed by atoms with Crippen molar-refractivity contribution in [2.45, 2.75) is 31.7 Å². The van der Waals surface area contributed by atoms with E-state index < -0.39 is 30.8 Å². The highest BCUT2D eigenvalue weighted by Gasteiger charge is 2.62. The van der Waals surface area contributed by atoms with Crippen LogP contribution in [0.15, 0.2) is 23.3 Å². The summed E-state index contributed by atoms with van der Waals surface area (Å²) in [6.45, 7) is 0.799. The van der Waals surface area contributed by atoms with Crippen LogP contribution in [0, 0.1) is 0 Å². The van der Waals surface area contributed by atoms with Crippen molar-refractivity contribution in [1.29, 1.82) is 0 Å². The van der Waals surface area contributed by atoms with Crippen molar-refractivity contribution in [3.63, 3.8) is 0 Å². The Bertz CT molecular complexity index is 682. The maximum atomic E-state index is 13.1. The van der Waals surface area contributed by atoms with Gasteiger partial charge in [-0.15, -0.1) is 0 Å². The average Bonchev–Trinajstić information content (AvgIpc) is 2.84. The van der Waals surface area contributed by atoms with E-state index in [1.165, 1.54) is 18.2 Å². The van der Waals surface area contributed by atoms with E-state index in [1.54, 1.807) is 6.92 Å². The lowest BCUT2D eigenvalue weighted by Crippen LogP contribution is -2.57. The molecule has 0 radical (unpaired) electrons. The number of aliphatic hydroxyl groups is 1. The maximum Gasteiger partial charge on any atom is 0.438 e. The fourth-order valence-electron chi connectivity index (χ4n) is 2.09. The molecule has 0 aromatic heterocycles. The third-order valence-electron chi connectivity index (χ3n) is 3.39. The number of halogens is 5. The van der Waals surface area contributed by atoms with Crippen LogP contribution in [-0.4, -0.2) is 40.2 Å². The lowest BCUT2D eigenvalue weighted by molar-refractivity contribution is -0.302. The number of carbonyl (C=O) groups is 1. The SMILES string of the molecule is CCC1=NN(C(=O)COc2ccc(Cl)cc2Cl)C(O)(C(F)(F)F)C1. The molecule has 24 heavy (non-hydrogen) atoms. The Balaban J connectivity index is 2.16. The third-order valence-corrected chi connectivity index (χ3v) is 3.92. The lowest BCUT2D eigenvalue weighted by atomic mass is 10.1. The summed E-state index contributed by atoms with van der Waals surface area (Å²) in [6, 6.07) is 4.18. The van der Waals surface area contributed by atoms with Gasteiger partial charge in [0.25, 0.3) is 11.6 Å². The van der Waals surface area contributed by atoms with Crippen molar-refractivity contribution in [2.24, 2.45) is 5.10 Å². The van der Waals surface area contributed by atoms with Gasteiger partial charge in [-0.25, -0.2) is 0 Å². The number of ether oxygens (including phenoxy) is 1. The van der Waals surface area contributed by atoms with Gasteiger partial charge in [0.2, 0.25) is 0 Å². The number of nitrogens with zero attached hydrogens (tertiary/aromatic N) is 2. The monoisotopic (exact) mass is 384 g/mol. The van der Waals surface area contributed by atoms with E-state index in [2.05, 4.69) is 5.10 Å². The quantitative estimate of drug-likeness (QED) is 0.861. The first-order valence-electron chi connectivity index (χ1n) is 6.85. The molecule has 2 rings (SSSR count). The molecule has 1 aromatic rings. The molecule has 0 fully saturated rings. The van der Waals surface area contributed by atoms with E-state index >= 15 is 0 Å². The number of rotatable bonds is 4. The van der Waals surface area contributed by atoms with Gasteiger partial charge in [0.05, 0.1) is 5.02 Å². The first kappa shape index (κ1) is 18.8. The van der Waals surface area contributed by atoms with Gasteiger partial charge in [0.15, 0.2) is 6.61 Å². The Morgan fingerprint density at radius 1 is 1.46 bits per heavy atom. The summed E-state index contributed by atoms with van der Waals surface area (Å²) in [6.07, 6.45) is -5.67. The molecule has 132 valence electrons. The van der Waals surface area contributed by atoms with E-state index in [9.17, 15) is 23.1 Å². The van der Waals surface area contributed by atoms with E-state index in [1.807, 2.05) is 0 Å². The molecule has 0 bridgehead atoms. The van der Waals surface area contributed by atoms with Gasteiger partial charge in [-0.2, -0.15) is 23.3 Å². The largest absolute Gasteiger partial charge is 0.482 e. The van der Waals surface area contributed by atoms with Crippen LogP contribution in [0.1, 0.15) is 19.8 Å². The Morgan fingerprint density at radius 3 is 2.67 bits per heavy atom. The summed E-state index contributed by atoms with van der Waals surface area (Å²) in [5.41, 5.74) is -3.31. The zero-order valence-corrected chi connectivity index (χ0v) is 13.9. The lowest BCUT2D eigenvalue weighted by Gasteiger charge is -2.32. The molecule has 1 N–H and O–H groups in total. The number of alkyl halides is 3. The van der Waals surface area contributed by atoms with Gasteiger partial charge < -0.3 is 9.84 Å². The topological polar surface area (TPSA) is 62.1 Å². The highest BCUT2D eigenvalue weighted by atomic mass is 35.5. The highest BCUT2D eigenvalue weighted by molar-refractivity contribution is 6.35. The molecule has 1 unspecified atom stereocenters. The van der Waals surface area contributed by atoms with Crippen molar-refractivity contribution in [3.8, 4) is 5.75 Å². The van der Waals surface area contributed by atoms with Crippen LogP contribution in [0.2, 0.25) is 10.0 Å². The van der Waals surface area contributed by atoms with Crippen molar-refractivity contribution >= 4 is 34.8 Å². The molecule has 1 amide bonds. The Hall–Kier alpha value is -1.51. The molecule has 1 aliphatic heterocycles. The number of carbonyl (C=O) groups excluding carboxylic acids is 1. The van der Waals surface area contributed by atoms with Crippen molar-refractivity contribution in [2.75, 3.05) is 6.61 Å². The summed E-state index contributed by atoms with van der Waals surface area (Å²) in [5, 5.41) is 13.9. The molecule has 0 aliphatic carbocycles. The molecule has 0 spiro atoms. The normalized spacial score (nSPS) is 21.0. The van der Waals surface area contributed by atoms with E-state index in [0.717, 1.165) is 0 Å². The minimum Gasteiger partial charge on any atom is -0.482 e. The van der Waals surface area contributed by atoms with Gasteiger partial charge >= 0.3 is 6.18 Å². The third kappa shape index (κ3) is 3.60. The Labute approximate surface area is 145 Å². The summed E-state index contributed by atoms with van der Waals surface area (Å²) < 4.78 is 44.5. The van der Waals surface area contributed by atoms with Gasteiger partial charge in [0, 0.05) is 17.2 Å². The Morgan fingerprint density at radius 2 is 2.12 bits per heavy atom. The number of hydrazone groups is 1. The molecule has 1 heterocycles. The van der Waals surface area contributed by atoms with Gasteiger partial charge in [-0.1, -0.05) is 30.1 Å². The second-order valence-electron chi connectivity index (χ2n) is 5.08. The predicted molar refractivity (Wildman–Crippen MR) is 82.2 cm³/mol. The second-order valence-corrected chi connectivity index (χ2v) is 5.92. The van der Waals surface area contributed by atoms with Gasteiger partial charge in [-0.05, 0) is 24.6 Å². The van der Waals surface area contributed by atoms with Crippen LogP contribution in [-0.2, 0) is 4.79 Å². The van der Waals surface area contributed by atoms with Crippen LogP contribution in [0.3, 0.4) is 0 Å². The number of hydrogen-bond donors (Lipinski definition) is 1. The summed E-state index contributed by atoms with van der Waals surface area (Å²) in [7, 11) is 0. The van der Waals surface area contributed by atoms with Crippen LogP contribution in [0.25, 0.3) is 0 Å². The smallest absolute Gasteiger partial charge is 0.438 e. The number of hydrogen-bond acceptors (Lipinski definition) is 4. The number of benzene rings is 1. The molecule has 1 atom stereocenters. The fraction of sp³-hybridized carbons (Fsp3) is 0.429. The maximum absolute atomic E-state index is 13.1. The minimum absolute atomic E-state index is 0.0235. The average molecular weight is 385 g/mol. The molecule has 1 aliphatic rings.